The fourth-order valence-corrected chi connectivity index (χ4v) is 5.03. The topological polar surface area (TPSA) is 138 Å². The van der Waals surface area contributed by atoms with Crippen LogP contribution in [-0.2, 0) is 4.74 Å². The van der Waals surface area contributed by atoms with E-state index in [0.717, 1.165) is 50.4 Å². The number of fused-ring (bicyclic) bond motifs is 1. The van der Waals surface area contributed by atoms with Crippen LogP contribution in [0, 0.1) is 5.82 Å². The van der Waals surface area contributed by atoms with Crippen molar-refractivity contribution < 1.29 is 18.7 Å². The number of imidazole rings is 1. The Balaban J connectivity index is 1.14. The summed E-state index contributed by atoms with van der Waals surface area (Å²) in [7, 11) is 0. The number of amides is 3. The van der Waals surface area contributed by atoms with Gasteiger partial charge in [-0.25, -0.2) is 18.7 Å². The van der Waals surface area contributed by atoms with Gasteiger partial charge in [-0.05, 0) is 44.6 Å². The molecule has 0 radical (unpaired) electrons. The Morgan fingerprint density at radius 3 is 2.41 bits per heavy atom. The summed E-state index contributed by atoms with van der Waals surface area (Å²) >= 11 is 0. The average molecular weight is 538 g/mol. The van der Waals surface area contributed by atoms with E-state index in [1.807, 2.05) is 11.0 Å². The number of urea groups is 1. The van der Waals surface area contributed by atoms with Gasteiger partial charge >= 0.3 is 6.03 Å². The van der Waals surface area contributed by atoms with Crippen LogP contribution in [0.25, 0.3) is 5.65 Å². The normalized spacial score (nSPS) is 21.4. The Morgan fingerprint density at radius 1 is 0.949 bits per heavy atom. The number of pyridine rings is 1. The van der Waals surface area contributed by atoms with Crippen molar-refractivity contribution in [2.45, 2.75) is 56.7 Å². The minimum absolute atomic E-state index is 0.0184. The quantitative estimate of drug-likeness (QED) is 0.361. The van der Waals surface area contributed by atoms with Crippen molar-refractivity contribution in [2.75, 3.05) is 42.3 Å². The molecule has 0 spiro atoms. The van der Waals surface area contributed by atoms with Crippen molar-refractivity contribution in [3.8, 4) is 0 Å². The van der Waals surface area contributed by atoms with E-state index >= 15 is 0 Å². The standard InChI is InChI=1S/C26H32FN9O3/c27-19-14-28-8-7-20(19)33-25(37)22-15-29-24-21(30-16-1-2-16)13-23(34-36(22)24)31-17-3-5-18(6-4-17)32-26(38)35-9-11-39-12-10-35/h7-8,13-18,30H,1-6,9-12H2,(H,31,34)(H,32,38)(H,28,33,37)/t17-,18-. The molecule has 2 saturated carbocycles. The lowest BCUT2D eigenvalue weighted by atomic mass is 9.91. The molecule has 39 heavy (non-hydrogen) atoms. The van der Waals surface area contributed by atoms with Crippen molar-refractivity contribution in [3.05, 3.63) is 42.2 Å². The molecule has 12 nitrogen and oxygen atoms in total. The SMILES string of the molecule is O=C(Nc1ccncc1F)c1cnc2c(NC3CC3)cc(N[C@H]3CC[C@H](NC(=O)N4CCOCC4)CC3)nn12. The highest BCUT2D eigenvalue weighted by Crippen LogP contribution is 2.30. The molecule has 6 rings (SSSR count). The monoisotopic (exact) mass is 537 g/mol. The van der Waals surface area contributed by atoms with Crippen LogP contribution in [0.15, 0.2) is 30.7 Å². The molecule has 3 amide bonds. The van der Waals surface area contributed by atoms with Crippen LogP contribution in [0.3, 0.4) is 0 Å². The Morgan fingerprint density at radius 2 is 1.67 bits per heavy atom. The third-order valence-corrected chi connectivity index (χ3v) is 7.36. The van der Waals surface area contributed by atoms with Crippen molar-refractivity contribution >= 4 is 34.8 Å². The Kier molecular flexibility index (Phi) is 7.14. The largest absolute Gasteiger partial charge is 0.379 e. The number of hydrogen-bond acceptors (Lipinski definition) is 8. The molecule has 2 aliphatic carbocycles. The minimum atomic E-state index is -0.622. The maximum absolute atomic E-state index is 14.1. The summed E-state index contributed by atoms with van der Waals surface area (Å²) in [5, 5.41) is 17.4. The van der Waals surface area contributed by atoms with Crippen molar-refractivity contribution in [1.82, 2.24) is 29.8 Å². The van der Waals surface area contributed by atoms with E-state index in [0.29, 0.717) is 43.8 Å². The molecular formula is C26H32FN9O3. The third kappa shape index (κ3) is 5.87. The van der Waals surface area contributed by atoms with E-state index in [1.165, 1.54) is 23.0 Å². The van der Waals surface area contributed by atoms with Crippen LogP contribution in [0.2, 0.25) is 0 Å². The molecule has 0 aromatic carbocycles. The van der Waals surface area contributed by atoms with E-state index in [1.54, 1.807) is 0 Å². The maximum Gasteiger partial charge on any atom is 0.317 e. The molecule has 13 heteroatoms. The molecule has 3 aromatic heterocycles. The third-order valence-electron chi connectivity index (χ3n) is 7.36. The van der Waals surface area contributed by atoms with Crippen LogP contribution in [-0.4, -0.2) is 80.8 Å². The van der Waals surface area contributed by atoms with Gasteiger partial charge in [-0.2, -0.15) is 0 Å². The summed E-state index contributed by atoms with van der Waals surface area (Å²) in [5.41, 5.74) is 1.55. The van der Waals surface area contributed by atoms with Gasteiger partial charge in [0.1, 0.15) is 5.82 Å². The molecule has 3 fully saturated rings. The highest BCUT2D eigenvalue weighted by Gasteiger charge is 2.27. The Bertz CT molecular complexity index is 1350. The number of nitrogens with one attached hydrogen (secondary N) is 4. The second-order valence-corrected chi connectivity index (χ2v) is 10.3. The molecule has 0 unspecified atom stereocenters. The van der Waals surface area contributed by atoms with Gasteiger partial charge in [-0.1, -0.05) is 0 Å². The molecule has 1 aliphatic heterocycles. The number of anilines is 3. The highest BCUT2D eigenvalue weighted by molar-refractivity contribution is 6.03. The Hall–Kier alpha value is -4.00. The first kappa shape index (κ1) is 25.3. The summed E-state index contributed by atoms with van der Waals surface area (Å²) in [5.74, 6) is -0.525. The number of carbonyl (C=O) groups excluding carboxylic acids is 2. The van der Waals surface area contributed by atoms with Crippen LogP contribution in [0.5, 0.6) is 0 Å². The van der Waals surface area contributed by atoms with Gasteiger partial charge in [0, 0.05) is 43.5 Å². The first-order valence-electron chi connectivity index (χ1n) is 13.5. The van der Waals surface area contributed by atoms with Gasteiger partial charge in [0.25, 0.3) is 5.91 Å². The Labute approximate surface area is 224 Å². The molecule has 4 heterocycles. The average Bonchev–Trinajstić information content (AvgIpc) is 3.66. The van der Waals surface area contributed by atoms with E-state index in [2.05, 4.69) is 36.3 Å². The number of aromatic nitrogens is 4. The van der Waals surface area contributed by atoms with Crippen LogP contribution in [0.4, 0.5) is 26.4 Å². The summed E-state index contributed by atoms with van der Waals surface area (Å²) < 4.78 is 20.9. The zero-order valence-electron chi connectivity index (χ0n) is 21.5. The highest BCUT2D eigenvalue weighted by atomic mass is 19.1. The first-order chi connectivity index (χ1) is 19.0. The number of nitrogens with zero attached hydrogens (tertiary/aromatic N) is 5. The number of halogens is 1. The van der Waals surface area contributed by atoms with Gasteiger partial charge in [0.2, 0.25) is 0 Å². The van der Waals surface area contributed by atoms with Crippen molar-refractivity contribution in [2.24, 2.45) is 0 Å². The number of hydrogen-bond donors (Lipinski definition) is 4. The van der Waals surface area contributed by atoms with Crippen LogP contribution >= 0.6 is 0 Å². The number of carbonyl (C=O) groups is 2. The molecule has 3 aliphatic rings. The summed E-state index contributed by atoms with van der Waals surface area (Å²) in [6.45, 7) is 2.42. The zero-order valence-corrected chi connectivity index (χ0v) is 21.5. The predicted molar refractivity (Wildman–Crippen MR) is 142 cm³/mol. The maximum atomic E-state index is 14.1. The van der Waals surface area contributed by atoms with Gasteiger partial charge in [-0.15, -0.1) is 5.10 Å². The lowest BCUT2D eigenvalue weighted by Crippen LogP contribution is -2.50. The van der Waals surface area contributed by atoms with E-state index < -0.39 is 11.7 Å². The van der Waals surface area contributed by atoms with Crippen LogP contribution in [0.1, 0.15) is 49.0 Å². The molecule has 4 N–H and O–H groups in total. The molecule has 0 bridgehead atoms. The number of morpholine rings is 1. The van der Waals surface area contributed by atoms with Crippen molar-refractivity contribution in [1.29, 1.82) is 0 Å². The predicted octanol–water partition coefficient (Wildman–Crippen LogP) is 2.85. The first-order valence-corrected chi connectivity index (χ1v) is 13.5. The van der Waals surface area contributed by atoms with Gasteiger partial charge < -0.3 is 30.9 Å². The minimum Gasteiger partial charge on any atom is -0.379 e. The summed E-state index contributed by atoms with van der Waals surface area (Å²) in [6, 6.07) is 3.99. The number of rotatable bonds is 7. The lowest BCUT2D eigenvalue weighted by molar-refractivity contribution is 0.0521. The fourth-order valence-electron chi connectivity index (χ4n) is 5.03. The molecule has 0 atom stereocenters. The zero-order chi connectivity index (χ0) is 26.8. The van der Waals surface area contributed by atoms with Crippen molar-refractivity contribution in [3.63, 3.8) is 0 Å². The second-order valence-electron chi connectivity index (χ2n) is 10.3. The van der Waals surface area contributed by atoms with E-state index in [-0.39, 0.29) is 29.5 Å². The molecule has 3 aromatic rings. The molecule has 206 valence electrons. The smallest absolute Gasteiger partial charge is 0.317 e. The summed E-state index contributed by atoms with van der Waals surface area (Å²) in [4.78, 5) is 35.6. The van der Waals surface area contributed by atoms with Crippen LogP contribution < -0.4 is 21.3 Å². The van der Waals surface area contributed by atoms with Gasteiger partial charge in [-0.3, -0.25) is 9.78 Å². The lowest BCUT2D eigenvalue weighted by Gasteiger charge is -2.33. The number of ether oxygens (including phenoxy) is 1. The second kappa shape index (κ2) is 11.0. The van der Waals surface area contributed by atoms with E-state index in [4.69, 9.17) is 4.74 Å². The molecular weight excluding hydrogens is 505 g/mol. The van der Waals surface area contributed by atoms with Gasteiger partial charge in [0.05, 0.1) is 37.0 Å². The molecule has 1 saturated heterocycles. The van der Waals surface area contributed by atoms with E-state index in [9.17, 15) is 14.0 Å². The fraction of sp³-hybridized carbons (Fsp3) is 0.500. The summed E-state index contributed by atoms with van der Waals surface area (Å²) in [6.07, 6.45) is 9.52. The van der Waals surface area contributed by atoms with Gasteiger partial charge in [0.15, 0.2) is 17.2 Å².